The van der Waals surface area contributed by atoms with Crippen molar-refractivity contribution in [1.29, 1.82) is 0 Å². The Morgan fingerprint density at radius 1 is 1.33 bits per heavy atom. The van der Waals surface area contributed by atoms with Crippen LogP contribution in [0.2, 0.25) is 4.82 Å². The summed E-state index contributed by atoms with van der Waals surface area (Å²) >= 11 is 2.43. The van der Waals surface area contributed by atoms with Crippen molar-refractivity contribution >= 4 is 16.0 Å². The molecule has 0 amide bonds. The van der Waals surface area contributed by atoms with E-state index in [9.17, 15) is 0 Å². The molecule has 3 heteroatoms. The molecule has 0 rings (SSSR count). The van der Waals surface area contributed by atoms with E-state index in [4.69, 9.17) is 11.5 Å². The molecule has 0 aromatic carbocycles. The molecule has 0 aromatic heterocycles. The molecule has 0 aliphatic carbocycles. The number of rotatable bonds is 2. The number of hydrogen-bond donors (Lipinski definition) is 2. The second-order valence-electron chi connectivity index (χ2n) is 1.13. The fraction of sp³-hybridized carbons (Fsp3) is 1.00. The maximum absolute atomic E-state index is 5.19. The topological polar surface area (TPSA) is 52.0 Å². The minimum atomic E-state index is 0.428. The van der Waals surface area contributed by atoms with Crippen molar-refractivity contribution in [2.45, 2.75) is 4.82 Å². The second-order valence-corrected chi connectivity index (χ2v) is 2.66. The van der Waals surface area contributed by atoms with E-state index < -0.39 is 0 Å². The van der Waals surface area contributed by atoms with Gasteiger partial charge in [0, 0.05) is 0 Å². The summed E-state index contributed by atoms with van der Waals surface area (Å²) in [5.74, 6) is 0. The zero-order chi connectivity index (χ0) is 4.99. The molecule has 0 atom stereocenters. The fourth-order valence-electron chi connectivity index (χ4n) is 0.0962. The van der Waals surface area contributed by atoms with E-state index in [1.54, 1.807) is 0 Å². The molecule has 38 valence electrons. The van der Waals surface area contributed by atoms with Crippen molar-refractivity contribution in [2.24, 2.45) is 11.5 Å². The Balaban J connectivity index is 2.75. The molecule has 6 heavy (non-hydrogen) atoms. The van der Waals surface area contributed by atoms with Crippen LogP contribution < -0.4 is 11.5 Å². The molecule has 0 aromatic rings. The van der Waals surface area contributed by atoms with Crippen LogP contribution in [0.4, 0.5) is 0 Å². The molecule has 0 heterocycles. The molecule has 0 unspecified atom stereocenters. The van der Waals surface area contributed by atoms with Gasteiger partial charge in [0.25, 0.3) is 0 Å². The van der Waals surface area contributed by atoms with E-state index in [-0.39, 0.29) is 0 Å². The van der Waals surface area contributed by atoms with E-state index in [0.29, 0.717) is 17.9 Å². The first kappa shape index (κ1) is 6.44. The average molecular weight is 153 g/mol. The molecule has 0 aliphatic rings. The fourth-order valence-corrected chi connectivity index (χ4v) is 0.0962. The van der Waals surface area contributed by atoms with Gasteiger partial charge in [-0.3, -0.25) is 0 Å². The summed E-state index contributed by atoms with van der Waals surface area (Å²) < 4.78 is 0. The van der Waals surface area contributed by atoms with Gasteiger partial charge >= 0.3 is 45.4 Å². The number of nitrogens with two attached hydrogens (primary N) is 2. The van der Waals surface area contributed by atoms with Gasteiger partial charge in [0.15, 0.2) is 0 Å². The molecule has 0 fully saturated rings. The van der Waals surface area contributed by atoms with E-state index in [0.717, 1.165) is 0 Å². The van der Waals surface area contributed by atoms with Crippen molar-refractivity contribution in [3.63, 3.8) is 0 Å². The molecule has 0 radical (unpaired) electrons. The summed E-state index contributed by atoms with van der Waals surface area (Å²) in [6.07, 6.45) is 0. The van der Waals surface area contributed by atoms with Gasteiger partial charge < -0.3 is 0 Å². The molecule has 2 nitrogen and oxygen atoms in total. The third kappa shape index (κ3) is 2.66. The van der Waals surface area contributed by atoms with Crippen LogP contribution in [0.15, 0.2) is 0 Å². The Bertz CT molecular complexity index is 28.0. The molecule has 0 spiro atoms. The van der Waals surface area contributed by atoms with Gasteiger partial charge in [-0.1, -0.05) is 0 Å². The first-order valence-electron chi connectivity index (χ1n) is 1.89. The van der Waals surface area contributed by atoms with E-state index in [2.05, 4.69) is 16.0 Å². The Morgan fingerprint density at radius 2 is 1.67 bits per heavy atom. The summed E-state index contributed by atoms with van der Waals surface area (Å²) in [4.78, 5) is 0.428. The summed E-state index contributed by atoms with van der Waals surface area (Å²) in [6, 6.07) is 0. The molecule has 0 bridgehead atoms. The van der Waals surface area contributed by atoms with Gasteiger partial charge in [0.1, 0.15) is 0 Å². The Labute approximate surface area is 46.1 Å². The SMILES string of the molecule is NCC([SeH])CN. The van der Waals surface area contributed by atoms with Crippen LogP contribution in [0, 0.1) is 0 Å². The van der Waals surface area contributed by atoms with Crippen LogP contribution in [0.3, 0.4) is 0 Å². The van der Waals surface area contributed by atoms with Crippen molar-refractivity contribution in [1.82, 2.24) is 0 Å². The van der Waals surface area contributed by atoms with Crippen LogP contribution in [-0.2, 0) is 0 Å². The molecule has 0 saturated carbocycles. The van der Waals surface area contributed by atoms with Crippen molar-refractivity contribution in [3.05, 3.63) is 0 Å². The zero-order valence-electron chi connectivity index (χ0n) is 3.59. The third-order valence-electron chi connectivity index (χ3n) is 0.544. The summed E-state index contributed by atoms with van der Waals surface area (Å²) in [5.41, 5.74) is 10.4. The standard InChI is InChI=1S/C3H10N2Se/c4-1-3(6)2-5/h3,6H,1-2,4-5H2. The molecular formula is C3H10N2Se. The van der Waals surface area contributed by atoms with Crippen molar-refractivity contribution in [2.75, 3.05) is 13.1 Å². The van der Waals surface area contributed by atoms with Crippen molar-refractivity contribution in [3.8, 4) is 0 Å². The first-order valence-corrected chi connectivity index (χ1v) is 2.97. The Kier molecular flexibility index (Phi) is 3.89. The van der Waals surface area contributed by atoms with E-state index >= 15 is 0 Å². The van der Waals surface area contributed by atoms with Gasteiger partial charge in [-0.05, 0) is 0 Å². The van der Waals surface area contributed by atoms with Crippen LogP contribution in [-0.4, -0.2) is 29.1 Å². The predicted molar refractivity (Wildman–Crippen MR) is 29.0 cm³/mol. The summed E-state index contributed by atoms with van der Waals surface area (Å²) in [5, 5.41) is 0. The van der Waals surface area contributed by atoms with E-state index in [1.165, 1.54) is 0 Å². The summed E-state index contributed by atoms with van der Waals surface area (Å²) in [6.45, 7) is 1.35. The third-order valence-corrected chi connectivity index (χ3v) is 1.43. The zero-order valence-corrected chi connectivity index (χ0v) is 5.47. The van der Waals surface area contributed by atoms with Gasteiger partial charge in [0.05, 0.1) is 0 Å². The van der Waals surface area contributed by atoms with E-state index in [1.807, 2.05) is 0 Å². The number of hydrogen-bond acceptors (Lipinski definition) is 2. The van der Waals surface area contributed by atoms with Gasteiger partial charge in [-0.15, -0.1) is 0 Å². The van der Waals surface area contributed by atoms with Crippen molar-refractivity contribution < 1.29 is 0 Å². The van der Waals surface area contributed by atoms with Gasteiger partial charge in [0.2, 0.25) is 0 Å². The monoisotopic (exact) mass is 154 g/mol. The van der Waals surface area contributed by atoms with Crippen LogP contribution in [0.5, 0.6) is 0 Å². The quantitative estimate of drug-likeness (QED) is 0.479. The van der Waals surface area contributed by atoms with Crippen LogP contribution in [0.1, 0.15) is 0 Å². The average Bonchev–Trinajstić information content (AvgIpc) is 1.65. The summed E-state index contributed by atoms with van der Waals surface area (Å²) in [7, 11) is 0. The maximum atomic E-state index is 5.19. The van der Waals surface area contributed by atoms with Crippen LogP contribution >= 0.6 is 0 Å². The Hall–Kier alpha value is 0.439. The normalized spacial score (nSPS) is 10.0. The molecule has 0 saturated heterocycles. The first-order chi connectivity index (χ1) is 2.81. The Morgan fingerprint density at radius 3 is 1.67 bits per heavy atom. The molecule has 0 aliphatic heterocycles. The van der Waals surface area contributed by atoms with Crippen LogP contribution in [0.25, 0.3) is 0 Å². The molecule has 4 N–H and O–H groups in total. The minimum absolute atomic E-state index is 0.428. The second kappa shape index (κ2) is 3.62. The molecular weight excluding hydrogens is 143 g/mol. The van der Waals surface area contributed by atoms with Gasteiger partial charge in [-0.2, -0.15) is 0 Å². The van der Waals surface area contributed by atoms with Gasteiger partial charge in [-0.25, -0.2) is 0 Å². The predicted octanol–water partition coefficient (Wildman–Crippen LogP) is -1.41.